The summed E-state index contributed by atoms with van der Waals surface area (Å²) in [5, 5.41) is 3.86. The highest BCUT2D eigenvalue weighted by Gasteiger charge is 2.11. The Morgan fingerprint density at radius 2 is 1.95 bits per heavy atom. The van der Waals surface area contributed by atoms with Crippen molar-refractivity contribution in [3.63, 3.8) is 0 Å². The van der Waals surface area contributed by atoms with Crippen LogP contribution in [0.1, 0.15) is 28.4 Å². The first-order chi connectivity index (χ1) is 9.06. The fourth-order valence-corrected chi connectivity index (χ4v) is 1.98. The van der Waals surface area contributed by atoms with Gasteiger partial charge in [-0.05, 0) is 19.4 Å². The van der Waals surface area contributed by atoms with Crippen molar-refractivity contribution in [2.75, 3.05) is 7.11 Å². The van der Waals surface area contributed by atoms with Crippen LogP contribution < -0.4 is 0 Å². The third-order valence-corrected chi connectivity index (χ3v) is 2.68. The number of carbonyl (C=O) groups excluding carboxylic acids is 1. The molecule has 100 valence electrons. The number of nitrogens with zero attached hydrogens (tertiary/aromatic N) is 2. The molecule has 5 heteroatoms. The molecule has 0 atom stereocenters. The summed E-state index contributed by atoms with van der Waals surface area (Å²) in [4.78, 5) is 15.3. The van der Waals surface area contributed by atoms with Crippen LogP contribution in [-0.2, 0) is 22.4 Å². The Morgan fingerprint density at radius 3 is 2.58 bits per heavy atom. The Labute approximate surface area is 111 Å². The highest BCUT2D eigenvalue weighted by Crippen LogP contribution is 2.12. The van der Waals surface area contributed by atoms with E-state index >= 15 is 0 Å². The van der Waals surface area contributed by atoms with E-state index in [1.54, 1.807) is 0 Å². The lowest BCUT2D eigenvalue weighted by molar-refractivity contribution is -0.140. The molecule has 0 N–H and O–H groups in total. The third-order valence-electron chi connectivity index (χ3n) is 2.68. The number of esters is 1. The van der Waals surface area contributed by atoms with Gasteiger partial charge in [-0.25, -0.2) is 0 Å². The monoisotopic (exact) mass is 260 g/mol. The van der Waals surface area contributed by atoms with E-state index in [-0.39, 0.29) is 18.3 Å². The van der Waals surface area contributed by atoms with Gasteiger partial charge in [0, 0.05) is 6.42 Å². The predicted octanol–water partition coefficient (Wildman–Crippen LogP) is 1.99. The smallest absolute Gasteiger partial charge is 0.315 e. The molecular formula is C14H16N2O3. The van der Waals surface area contributed by atoms with Gasteiger partial charge in [0.25, 0.3) is 0 Å². The van der Waals surface area contributed by atoms with Gasteiger partial charge >= 0.3 is 5.97 Å². The standard InChI is InChI=1S/C14H16N2O3/c1-9-4-10(2)6-11(5-9)7-12-15-13(19-16-12)8-14(17)18-3/h4-6H,7-8H2,1-3H3. The number of carbonyl (C=O) groups is 1. The van der Waals surface area contributed by atoms with Gasteiger partial charge < -0.3 is 9.26 Å². The maximum Gasteiger partial charge on any atom is 0.315 e. The SMILES string of the molecule is COC(=O)Cc1nc(Cc2cc(C)cc(C)c2)no1. The van der Waals surface area contributed by atoms with Gasteiger partial charge in [0.2, 0.25) is 5.89 Å². The number of rotatable bonds is 4. The maximum atomic E-state index is 11.1. The fraction of sp³-hybridized carbons (Fsp3) is 0.357. The zero-order valence-electron chi connectivity index (χ0n) is 11.3. The minimum Gasteiger partial charge on any atom is -0.469 e. The summed E-state index contributed by atoms with van der Waals surface area (Å²) in [5.41, 5.74) is 3.53. The van der Waals surface area contributed by atoms with Crippen molar-refractivity contribution in [1.29, 1.82) is 0 Å². The number of hydrogen-bond donors (Lipinski definition) is 0. The first-order valence-electron chi connectivity index (χ1n) is 6.02. The molecule has 2 rings (SSSR count). The first kappa shape index (κ1) is 13.3. The second kappa shape index (κ2) is 5.65. The van der Waals surface area contributed by atoms with E-state index in [0.29, 0.717) is 12.2 Å². The van der Waals surface area contributed by atoms with Crippen LogP contribution in [0.3, 0.4) is 0 Å². The third kappa shape index (κ3) is 3.64. The molecule has 0 saturated carbocycles. The van der Waals surface area contributed by atoms with Crippen LogP contribution in [0, 0.1) is 13.8 Å². The molecule has 19 heavy (non-hydrogen) atoms. The summed E-state index contributed by atoms with van der Waals surface area (Å²) >= 11 is 0. The van der Waals surface area contributed by atoms with Gasteiger partial charge in [-0.1, -0.05) is 34.5 Å². The van der Waals surface area contributed by atoms with Crippen LogP contribution in [0.25, 0.3) is 0 Å². The quantitative estimate of drug-likeness (QED) is 0.786. The van der Waals surface area contributed by atoms with E-state index in [0.717, 1.165) is 5.56 Å². The molecule has 0 unspecified atom stereocenters. The van der Waals surface area contributed by atoms with Crippen molar-refractivity contribution in [2.45, 2.75) is 26.7 Å². The van der Waals surface area contributed by atoms with E-state index < -0.39 is 0 Å². The van der Waals surface area contributed by atoms with Crippen molar-refractivity contribution in [3.05, 3.63) is 46.6 Å². The Bertz CT molecular complexity index is 570. The summed E-state index contributed by atoms with van der Waals surface area (Å²) < 4.78 is 9.55. The van der Waals surface area contributed by atoms with E-state index in [2.05, 4.69) is 46.9 Å². The molecule has 1 heterocycles. The molecule has 0 aliphatic heterocycles. The Balaban J connectivity index is 2.09. The summed E-state index contributed by atoms with van der Waals surface area (Å²) in [7, 11) is 1.33. The molecule has 5 nitrogen and oxygen atoms in total. The number of benzene rings is 1. The average molecular weight is 260 g/mol. The number of ether oxygens (including phenoxy) is 1. The number of methoxy groups -OCH3 is 1. The second-order valence-corrected chi connectivity index (χ2v) is 4.53. The van der Waals surface area contributed by atoms with Crippen LogP contribution in [0.4, 0.5) is 0 Å². The molecule has 0 radical (unpaired) electrons. The summed E-state index contributed by atoms with van der Waals surface area (Å²) in [6.45, 7) is 4.10. The largest absolute Gasteiger partial charge is 0.469 e. The topological polar surface area (TPSA) is 65.2 Å². The zero-order chi connectivity index (χ0) is 13.8. The van der Waals surface area contributed by atoms with Crippen molar-refractivity contribution in [2.24, 2.45) is 0 Å². The molecule has 1 aromatic heterocycles. The Kier molecular flexibility index (Phi) is 3.94. The summed E-state index contributed by atoms with van der Waals surface area (Å²) in [6, 6.07) is 6.29. The van der Waals surface area contributed by atoms with Crippen molar-refractivity contribution in [3.8, 4) is 0 Å². The molecule has 2 aromatic rings. The minimum atomic E-state index is -0.387. The molecule has 1 aromatic carbocycles. The highest BCUT2D eigenvalue weighted by molar-refractivity contribution is 5.71. The molecule has 0 bridgehead atoms. The number of hydrogen-bond acceptors (Lipinski definition) is 5. The van der Waals surface area contributed by atoms with Gasteiger partial charge in [0.15, 0.2) is 5.82 Å². The highest BCUT2D eigenvalue weighted by atomic mass is 16.5. The Morgan fingerprint density at radius 1 is 1.26 bits per heavy atom. The van der Waals surface area contributed by atoms with Crippen LogP contribution in [-0.4, -0.2) is 23.2 Å². The van der Waals surface area contributed by atoms with E-state index in [4.69, 9.17) is 4.52 Å². The maximum absolute atomic E-state index is 11.1. The van der Waals surface area contributed by atoms with Gasteiger partial charge in [-0.2, -0.15) is 4.98 Å². The fourth-order valence-electron chi connectivity index (χ4n) is 1.98. The molecule has 0 fully saturated rings. The van der Waals surface area contributed by atoms with Crippen LogP contribution in [0.15, 0.2) is 22.7 Å². The molecule has 0 spiro atoms. The van der Waals surface area contributed by atoms with Crippen molar-refractivity contribution < 1.29 is 14.1 Å². The number of aryl methyl sites for hydroxylation is 2. The van der Waals surface area contributed by atoms with Crippen LogP contribution in [0.5, 0.6) is 0 Å². The van der Waals surface area contributed by atoms with Gasteiger partial charge in [-0.15, -0.1) is 0 Å². The van der Waals surface area contributed by atoms with Crippen molar-refractivity contribution >= 4 is 5.97 Å². The van der Waals surface area contributed by atoms with E-state index in [9.17, 15) is 4.79 Å². The zero-order valence-corrected chi connectivity index (χ0v) is 11.3. The number of aromatic nitrogens is 2. The molecule has 0 amide bonds. The summed E-state index contributed by atoms with van der Waals surface area (Å²) in [6.07, 6.45) is 0.601. The minimum absolute atomic E-state index is 0.0103. The second-order valence-electron chi connectivity index (χ2n) is 4.53. The van der Waals surface area contributed by atoms with E-state index in [1.165, 1.54) is 18.2 Å². The van der Waals surface area contributed by atoms with Crippen LogP contribution in [0.2, 0.25) is 0 Å². The lowest BCUT2D eigenvalue weighted by atomic mass is 10.1. The summed E-state index contributed by atoms with van der Waals surface area (Å²) in [5.74, 6) is 0.469. The van der Waals surface area contributed by atoms with Gasteiger partial charge in [0.05, 0.1) is 7.11 Å². The predicted molar refractivity (Wildman–Crippen MR) is 68.7 cm³/mol. The molecular weight excluding hydrogens is 244 g/mol. The molecule has 0 aliphatic carbocycles. The normalized spacial score (nSPS) is 10.5. The molecule has 0 saturated heterocycles. The lowest BCUT2D eigenvalue weighted by Crippen LogP contribution is -2.04. The van der Waals surface area contributed by atoms with Gasteiger partial charge in [-0.3, -0.25) is 4.79 Å². The van der Waals surface area contributed by atoms with Gasteiger partial charge in [0.1, 0.15) is 6.42 Å². The van der Waals surface area contributed by atoms with Crippen molar-refractivity contribution in [1.82, 2.24) is 10.1 Å². The van der Waals surface area contributed by atoms with E-state index in [1.807, 2.05) is 0 Å². The Hall–Kier alpha value is -2.17. The molecule has 0 aliphatic rings. The first-order valence-corrected chi connectivity index (χ1v) is 6.02. The lowest BCUT2D eigenvalue weighted by Gasteiger charge is -2.01. The average Bonchev–Trinajstić information content (AvgIpc) is 2.74. The van der Waals surface area contributed by atoms with Crippen LogP contribution >= 0.6 is 0 Å².